The summed E-state index contributed by atoms with van der Waals surface area (Å²) in [5.74, 6) is 1.25. The Morgan fingerprint density at radius 3 is 2.79 bits per heavy atom. The summed E-state index contributed by atoms with van der Waals surface area (Å²) in [6.07, 6.45) is 2.48. The number of aromatic nitrogens is 2. The van der Waals surface area contributed by atoms with Crippen molar-refractivity contribution in [2.45, 2.75) is 25.2 Å². The Kier molecular flexibility index (Phi) is 6.71. The van der Waals surface area contributed by atoms with Crippen molar-refractivity contribution in [1.82, 2.24) is 9.97 Å². The molecule has 0 spiro atoms. The van der Waals surface area contributed by atoms with Gasteiger partial charge in [-0.15, -0.1) is 0 Å². The maximum absolute atomic E-state index is 11.0. The van der Waals surface area contributed by atoms with Crippen LogP contribution in [-0.4, -0.2) is 35.1 Å². The molecule has 1 aromatic heterocycles. The van der Waals surface area contributed by atoms with Gasteiger partial charge in [-0.2, -0.15) is 0 Å². The molecule has 0 bridgehead atoms. The molecule has 0 N–H and O–H groups in total. The van der Waals surface area contributed by atoms with Crippen molar-refractivity contribution in [2.75, 3.05) is 25.1 Å². The Morgan fingerprint density at radius 2 is 2.06 bits per heavy atom. The summed E-state index contributed by atoms with van der Waals surface area (Å²) in [5.41, 5.74) is 3.47. The lowest BCUT2D eigenvalue weighted by Crippen LogP contribution is -2.23. The molecule has 168 valence electrons. The first-order valence-electron chi connectivity index (χ1n) is 10.6. The van der Waals surface area contributed by atoms with E-state index in [1.165, 1.54) is 23.8 Å². The minimum atomic E-state index is -0.503. The third-order valence-corrected chi connectivity index (χ3v) is 5.91. The summed E-state index contributed by atoms with van der Waals surface area (Å²) in [6.45, 7) is 8.18. The average molecular weight is 464 g/mol. The van der Waals surface area contributed by atoms with Gasteiger partial charge in [-0.3, -0.25) is 10.1 Å². The minimum Gasteiger partial charge on any atom is -0.504 e. The van der Waals surface area contributed by atoms with Crippen molar-refractivity contribution in [1.29, 1.82) is 0 Å². The first-order chi connectivity index (χ1) is 16.0. The van der Waals surface area contributed by atoms with Crippen LogP contribution in [0.4, 0.5) is 17.2 Å². The zero-order valence-electron chi connectivity index (χ0n) is 18.1. The van der Waals surface area contributed by atoms with Gasteiger partial charge in [0, 0.05) is 37.2 Å². The molecule has 0 aliphatic heterocycles. The number of nitro groups is 1. The number of nitrogens with zero attached hydrogens (tertiary/aromatic N) is 5. The maximum atomic E-state index is 11.0. The van der Waals surface area contributed by atoms with Crippen molar-refractivity contribution in [2.24, 2.45) is 0 Å². The zero-order valence-corrected chi connectivity index (χ0v) is 18.8. The van der Waals surface area contributed by atoms with E-state index in [0.29, 0.717) is 19.6 Å². The molecular weight excluding hydrogens is 442 g/mol. The van der Waals surface area contributed by atoms with Gasteiger partial charge in [0.25, 0.3) is 5.69 Å². The Labute approximate surface area is 196 Å². The van der Waals surface area contributed by atoms with E-state index >= 15 is 0 Å². The predicted molar refractivity (Wildman–Crippen MR) is 126 cm³/mol. The fourth-order valence-corrected chi connectivity index (χ4v) is 4.33. The average Bonchev–Trinajstić information content (AvgIpc) is 3.25. The lowest BCUT2D eigenvalue weighted by Gasteiger charge is -2.21. The second-order valence-electron chi connectivity index (χ2n) is 7.83. The van der Waals surface area contributed by atoms with Crippen LogP contribution in [0.2, 0.25) is 5.28 Å². The monoisotopic (exact) mass is 463 g/mol. The van der Waals surface area contributed by atoms with E-state index in [1.807, 2.05) is 30.1 Å². The van der Waals surface area contributed by atoms with Crippen molar-refractivity contribution in [3.8, 4) is 5.75 Å². The van der Waals surface area contributed by atoms with Gasteiger partial charge in [0.15, 0.2) is 0 Å². The molecule has 0 amide bonds. The van der Waals surface area contributed by atoms with Crippen LogP contribution in [0.1, 0.15) is 35.6 Å². The van der Waals surface area contributed by atoms with Crippen LogP contribution in [0, 0.1) is 16.7 Å². The lowest BCUT2D eigenvalue weighted by molar-refractivity contribution is -0.384. The second kappa shape index (κ2) is 9.84. The quantitative estimate of drug-likeness (QED) is 0.143. The maximum Gasteiger partial charge on any atom is 0.270 e. The molecule has 1 atom stereocenters. The second-order valence-corrected chi connectivity index (χ2v) is 8.16. The zero-order chi connectivity index (χ0) is 23.4. The van der Waals surface area contributed by atoms with Crippen LogP contribution in [0.3, 0.4) is 0 Å². The standard InChI is InChI=1S/C24H22ClN5O3/c1-26-20-12-9-17(30(31)32)15-21(20)33-14-6-13-29(2)23-19-11-10-18(16-7-4-3-5-8-16)22(19)27-24(25)28-23/h3-5,7-9,12,15,18H,6,10-11,13-14H2,2H3. The molecule has 9 heteroatoms. The molecule has 33 heavy (non-hydrogen) atoms. The Morgan fingerprint density at radius 1 is 1.27 bits per heavy atom. The fraction of sp³-hybridized carbons (Fsp3) is 0.292. The summed E-state index contributed by atoms with van der Waals surface area (Å²) in [5, 5.41) is 11.2. The summed E-state index contributed by atoms with van der Waals surface area (Å²) in [4.78, 5) is 25.0. The molecular formula is C24H22ClN5O3. The number of anilines is 1. The Bertz CT molecular complexity index is 1210. The third-order valence-electron chi connectivity index (χ3n) is 5.74. The number of halogens is 1. The molecule has 0 radical (unpaired) electrons. The largest absolute Gasteiger partial charge is 0.504 e. The van der Waals surface area contributed by atoms with Gasteiger partial charge in [-0.1, -0.05) is 30.3 Å². The number of fused-ring (bicyclic) bond motifs is 1. The van der Waals surface area contributed by atoms with Gasteiger partial charge in [0.05, 0.1) is 23.8 Å². The topological polar surface area (TPSA) is 85.8 Å². The lowest BCUT2D eigenvalue weighted by atomic mass is 9.97. The Hall–Kier alpha value is -3.70. The number of benzene rings is 2. The molecule has 1 aliphatic rings. The van der Waals surface area contributed by atoms with Gasteiger partial charge in [0.2, 0.25) is 11.0 Å². The molecule has 1 unspecified atom stereocenters. The van der Waals surface area contributed by atoms with Gasteiger partial charge < -0.3 is 9.64 Å². The molecule has 8 nitrogen and oxygen atoms in total. The third kappa shape index (κ3) is 4.89. The summed E-state index contributed by atoms with van der Waals surface area (Å²) >= 11 is 6.28. The van der Waals surface area contributed by atoms with Crippen molar-refractivity contribution in [3.05, 3.63) is 92.2 Å². The van der Waals surface area contributed by atoms with Crippen molar-refractivity contribution in [3.63, 3.8) is 0 Å². The molecule has 0 saturated carbocycles. The highest BCUT2D eigenvalue weighted by Gasteiger charge is 2.30. The van der Waals surface area contributed by atoms with Crippen molar-refractivity contribution < 1.29 is 9.66 Å². The van der Waals surface area contributed by atoms with E-state index in [4.69, 9.17) is 22.9 Å². The number of nitro benzene ring substituents is 1. The molecule has 1 heterocycles. The molecule has 1 aliphatic carbocycles. The highest BCUT2D eigenvalue weighted by atomic mass is 35.5. The van der Waals surface area contributed by atoms with E-state index < -0.39 is 4.92 Å². The first-order valence-corrected chi connectivity index (χ1v) is 11.0. The van der Waals surface area contributed by atoms with E-state index in [0.717, 1.165) is 29.9 Å². The van der Waals surface area contributed by atoms with Crippen LogP contribution in [-0.2, 0) is 6.42 Å². The summed E-state index contributed by atoms with van der Waals surface area (Å²) < 4.78 is 5.69. The van der Waals surface area contributed by atoms with E-state index in [9.17, 15) is 10.1 Å². The first kappa shape index (κ1) is 22.5. The number of hydrogen-bond acceptors (Lipinski definition) is 6. The number of hydrogen-bond donors (Lipinski definition) is 0. The van der Waals surface area contributed by atoms with E-state index in [-0.39, 0.29) is 28.3 Å². The molecule has 4 rings (SSSR count). The van der Waals surface area contributed by atoms with Crippen LogP contribution in [0.25, 0.3) is 4.85 Å². The van der Waals surface area contributed by atoms with Crippen molar-refractivity contribution >= 4 is 28.8 Å². The molecule has 2 aromatic carbocycles. The normalized spacial score (nSPS) is 14.4. The van der Waals surface area contributed by atoms with Gasteiger partial charge >= 0.3 is 0 Å². The Balaban J connectivity index is 1.43. The number of non-ortho nitro benzene ring substituents is 1. The van der Waals surface area contributed by atoms with Gasteiger partial charge in [-0.25, -0.2) is 14.8 Å². The highest BCUT2D eigenvalue weighted by Crippen LogP contribution is 2.40. The predicted octanol–water partition coefficient (Wildman–Crippen LogP) is 5.57. The highest BCUT2D eigenvalue weighted by molar-refractivity contribution is 6.28. The molecule has 0 fully saturated rings. The van der Waals surface area contributed by atoms with Crippen LogP contribution < -0.4 is 9.64 Å². The minimum absolute atomic E-state index is 0.103. The van der Waals surface area contributed by atoms with E-state index in [1.54, 1.807) is 0 Å². The smallest absolute Gasteiger partial charge is 0.270 e. The number of ether oxygens (including phenoxy) is 1. The summed E-state index contributed by atoms with van der Waals surface area (Å²) in [7, 11) is 1.95. The van der Waals surface area contributed by atoms with E-state index in [2.05, 4.69) is 26.9 Å². The van der Waals surface area contributed by atoms with Crippen LogP contribution in [0.15, 0.2) is 48.5 Å². The van der Waals surface area contributed by atoms with Gasteiger partial charge in [-0.05, 0) is 42.5 Å². The fourth-order valence-electron chi connectivity index (χ4n) is 4.15. The molecule has 0 saturated heterocycles. The van der Waals surface area contributed by atoms with Crippen LogP contribution in [0.5, 0.6) is 5.75 Å². The van der Waals surface area contributed by atoms with Gasteiger partial charge in [0.1, 0.15) is 11.6 Å². The SMILES string of the molecule is [C-]#[N+]c1ccc([N+](=O)[O-])cc1OCCCN(C)c1nc(Cl)nc2c1CCC2c1ccccc1. The number of rotatable bonds is 8. The summed E-state index contributed by atoms with van der Waals surface area (Å²) in [6, 6.07) is 14.3. The van der Waals surface area contributed by atoms with Crippen LogP contribution >= 0.6 is 11.6 Å². The molecule has 3 aromatic rings.